The standard InChI is InChI=1S/C18H14Cl2N4O/c19-15-6-4-12(9-16(15)20)24-18(25)17-7-5-14(11-23-17)22-10-13-3-1-2-8-21-13/h1-9,11,22H,10H2,(H,24,25). The van der Waals surface area contributed by atoms with Crippen molar-refractivity contribution >= 4 is 40.5 Å². The van der Waals surface area contributed by atoms with Crippen molar-refractivity contribution < 1.29 is 4.79 Å². The fourth-order valence-corrected chi connectivity index (χ4v) is 2.40. The third-order valence-electron chi connectivity index (χ3n) is 3.37. The van der Waals surface area contributed by atoms with Gasteiger partial charge in [-0.15, -0.1) is 0 Å². The van der Waals surface area contributed by atoms with E-state index in [4.69, 9.17) is 23.2 Å². The van der Waals surface area contributed by atoms with Gasteiger partial charge in [0.05, 0.1) is 34.2 Å². The maximum atomic E-state index is 12.2. The summed E-state index contributed by atoms with van der Waals surface area (Å²) >= 11 is 11.8. The highest BCUT2D eigenvalue weighted by Crippen LogP contribution is 2.25. The largest absolute Gasteiger partial charge is 0.378 e. The number of nitrogens with one attached hydrogen (secondary N) is 2. The van der Waals surface area contributed by atoms with Gasteiger partial charge >= 0.3 is 0 Å². The molecule has 0 spiro atoms. The van der Waals surface area contributed by atoms with Crippen molar-refractivity contribution in [2.45, 2.75) is 6.54 Å². The first-order valence-corrected chi connectivity index (χ1v) is 8.23. The summed E-state index contributed by atoms with van der Waals surface area (Å²) in [4.78, 5) is 20.6. The first kappa shape index (κ1) is 17.2. The van der Waals surface area contributed by atoms with Gasteiger partial charge < -0.3 is 10.6 Å². The van der Waals surface area contributed by atoms with Crippen LogP contribution in [0.2, 0.25) is 10.0 Å². The number of anilines is 2. The highest BCUT2D eigenvalue weighted by molar-refractivity contribution is 6.42. The van der Waals surface area contributed by atoms with Crippen molar-refractivity contribution in [1.29, 1.82) is 0 Å². The molecule has 0 bridgehead atoms. The Morgan fingerprint density at radius 3 is 2.48 bits per heavy atom. The summed E-state index contributed by atoms with van der Waals surface area (Å²) in [6, 6.07) is 14.1. The Bertz CT molecular complexity index is 870. The first-order chi connectivity index (χ1) is 12.1. The van der Waals surface area contributed by atoms with E-state index in [9.17, 15) is 4.79 Å². The fraction of sp³-hybridized carbons (Fsp3) is 0.0556. The monoisotopic (exact) mass is 372 g/mol. The minimum Gasteiger partial charge on any atom is -0.378 e. The first-order valence-electron chi connectivity index (χ1n) is 7.48. The van der Waals surface area contributed by atoms with E-state index in [0.29, 0.717) is 28.0 Å². The molecule has 0 atom stereocenters. The summed E-state index contributed by atoms with van der Waals surface area (Å²) in [5.74, 6) is -0.324. The maximum absolute atomic E-state index is 12.2. The van der Waals surface area contributed by atoms with Gasteiger partial charge in [0.2, 0.25) is 0 Å². The van der Waals surface area contributed by atoms with E-state index < -0.39 is 0 Å². The molecule has 5 nitrogen and oxygen atoms in total. The summed E-state index contributed by atoms with van der Waals surface area (Å²) in [6.45, 7) is 0.581. The highest BCUT2D eigenvalue weighted by Gasteiger charge is 2.09. The summed E-state index contributed by atoms with van der Waals surface area (Å²) < 4.78 is 0. The van der Waals surface area contributed by atoms with Gasteiger partial charge in [0, 0.05) is 11.9 Å². The molecule has 0 saturated carbocycles. The number of hydrogen-bond acceptors (Lipinski definition) is 4. The summed E-state index contributed by atoms with van der Waals surface area (Å²) in [5, 5.41) is 6.74. The molecule has 3 aromatic rings. The summed E-state index contributed by atoms with van der Waals surface area (Å²) in [6.07, 6.45) is 3.35. The number of halogens is 2. The van der Waals surface area contributed by atoms with E-state index >= 15 is 0 Å². The Labute approximate surface area is 155 Å². The van der Waals surface area contributed by atoms with Crippen LogP contribution in [0.15, 0.2) is 60.9 Å². The number of nitrogens with zero attached hydrogens (tertiary/aromatic N) is 2. The Morgan fingerprint density at radius 1 is 0.960 bits per heavy atom. The second-order valence-electron chi connectivity index (χ2n) is 5.19. The molecule has 126 valence electrons. The molecule has 0 aliphatic heterocycles. The number of aromatic nitrogens is 2. The average Bonchev–Trinajstić information content (AvgIpc) is 2.64. The molecule has 2 N–H and O–H groups in total. The number of benzene rings is 1. The zero-order valence-electron chi connectivity index (χ0n) is 13.0. The second kappa shape index (κ2) is 7.96. The quantitative estimate of drug-likeness (QED) is 0.683. The minimum atomic E-state index is -0.324. The van der Waals surface area contributed by atoms with E-state index in [1.54, 1.807) is 42.7 Å². The van der Waals surface area contributed by atoms with Crippen molar-refractivity contribution in [3.05, 3.63) is 82.4 Å². The molecule has 7 heteroatoms. The molecule has 0 radical (unpaired) electrons. The van der Waals surface area contributed by atoms with Crippen molar-refractivity contribution in [3.63, 3.8) is 0 Å². The van der Waals surface area contributed by atoms with Gasteiger partial charge in [0.1, 0.15) is 5.69 Å². The number of carbonyl (C=O) groups excluding carboxylic acids is 1. The van der Waals surface area contributed by atoms with Crippen LogP contribution in [0, 0.1) is 0 Å². The fourth-order valence-electron chi connectivity index (χ4n) is 2.10. The lowest BCUT2D eigenvalue weighted by Crippen LogP contribution is -2.13. The topological polar surface area (TPSA) is 66.9 Å². The lowest BCUT2D eigenvalue weighted by molar-refractivity contribution is 0.102. The van der Waals surface area contributed by atoms with E-state index in [1.807, 2.05) is 18.2 Å². The van der Waals surface area contributed by atoms with Crippen molar-refractivity contribution in [1.82, 2.24) is 9.97 Å². The van der Waals surface area contributed by atoms with Gasteiger partial charge in [-0.3, -0.25) is 9.78 Å². The molecule has 1 amide bonds. The van der Waals surface area contributed by atoms with Crippen LogP contribution in [0.25, 0.3) is 0 Å². The molecule has 2 heterocycles. The van der Waals surface area contributed by atoms with Crippen molar-refractivity contribution in [2.75, 3.05) is 10.6 Å². The van der Waals surface area contributed by atoms with Crippen LogP contribution in [-0.2, 0) is 6.54 Å². The van der Waals surface area contributed by atoms with Crippen LogP contribution in [0.5, 0.6) is 0 Å². The van der Waals surface area contributed by atoms with E-state index in [2.05, 4.69) is 20.6 Å². The summed E-state index contributed by atoms with van der Waals surface area (Å²) in [5.41, 5.74) is 2.58. The van der Waals surface area contributed by atoms with Crippen LogP contribution in [0.3, 0.4) is 0 Å². The number of amides is 1. The molecule has 0 unspecified atom stereocenters. The van der Waals surface area contributed by atoms with Crippen LogP contribution in [0.1, 0.15) is 16.2 Å². The molecule has 0 aliphatic carbocycles. The third-order valence-corrected chi connectivity index (χ3v) is 4.11. The van der Waals surface area contributed by atoms with Crippen LogP contribution in [-0.4, -0.2) is 15.9 Å². The van der Waals surface area contributed by atoms with E-state index in [0.717, 1.165) is 11.4 Å². The predicted molar refractivity (Wildman–Crippen MR) is 100 cm³/mol. The smallest absolute Gasteiger partial charge is 0.274 e. The zero-order valence-corrected chi connectivity index (χ0v) is 14.6. The normalized spacial score (nSPS) is 10.3. The molecule has 25 heavy (non-hydrogen) atoms. The van der Waals surface area contributed by atoms with Gasteiger partial charge in [-0.05, 0) is 42.5 Å². The lowest BCUT2D eigenvalue weighted by atomic mass is 10.2. The SMILES string of the molecule is O=C(Nc1ccc(Cl)c(Cl)c1)c1ccc(NCc2ccccn2)cn1. The Morgan fingerprint density at radius 2 is 1.80 bits per heavy atom. The van der Waals surface area contributed by atoms with Crippen LogP contribution < -0.4 is 10.6 Å². The maximum Gasteiger partial charge on any atom is 0.274 e. The molecule has 0 aliphatic rings. The van der Waals surface area contributed by atoms with Crippen molar-refractivity contribution in [3.8, 4) is 0 Å². The van der Waals surface area contributed by atoms with Gasteiger partial charge in [-0.25, -0.2) is 4.98 Å². The molecule has 3 rings (SSSR count). The van der Waals surface area contributed by atoms with Crippen molar-refractivity contribution in [2.24, 2.45) is 0 Å². The third kappa shape index (κ3) is 4.68. The molecule has 2 aromatic heterocycles. The zero-order chi connectivity index (χ0) is 17.6. The summed E-state index contributed by atoms with van der Waals surface area (Å²) in [7, 11) is 0. The van der Waals surface area contributed by atoms with Crippen LogP contribution >= 0.6 is 23.2 Å². The van der Waals surface area contributed by atoms with E-state index in [-0.39, 0.29) is 5.91 Å². The predicted octanol–water partition coefficient (Wildman–Crippen LogP) is 4.65. The number of carbonyl (C=O) groups is 1. The Kier molecular flexibility index (Phi) is 5.48. The lowest BCUT2D eigenvalue weighted by Gasteiger charge is -2.08. The Balaban J connectivity index is 1.61. The van der Waals surface area contributed by atoms with Gasteiger partial charge in [-0.1, -0.05) is 29.3 Å². The van der Waals surface area contributed by atoms with E-state index in [1.165, 1.54) is 0 Å². The van der Waals surface area contributed by atoms with Gasteiger partial charge in [0.25, 0.3) is 5.91 Å². The number of pyridine rings is 2. The number of hydrogen-bond donors (Lipinski definition) is 2. The molecule has 0 saturated heterocycles. The second-order valence-corrected chi connectivity index (χ2v) is 6.00. The molecule has 0 fully saturated rings. The Hall–Kier alpha value is -2.63. The number of rotatable bonds is 5. The highest BCUT2D eigenvalue weighted by atomic mass is 35.5. The molecular weight excluding hydrogens is 359 g/mol. The van der Waals surface area contributed by atoms with Gasteiger partial charge in [0.15, 0.2) is 0 Å². The molecular formula is C18H14Cl2N4O. The molecule has 1 aromatic carbocycles. The van der Waals surface area contributed by atoms with Crippen LogP contribution in [0.4, 0.5) is 11.4 Å². The average molecular weight is 373 g/mol. The minimum absolute atomic E-state index is 0.300. The van der Waals surface area contributed by atoms with Gasteiger partial charge in [-0.2, -0.15) is 0 Å².